The van der Waals surface area contributed by atoms with Gasteiger partial charge in [-0.1, -0.05) is 55.8 Å². The van der Waals surface area contributed by atoms with E-state index in [9.17, 15) is 18.0 Å². The van der Waals surface area contributed by atoms with Gasteiger partial charge in [0.25, 0.3) is 0 Å². The minimum atomic E-state index is -4.35. The van der Waals surface area contributed by atoms with Gasteiger partial charge in [-0.3, -0.25) is 4.79 Å². The normalized spacial score (nSPS) is 12.7. The summed E-state index contributed by atoms with van der Waals surface area (Å²) >= 11 is 0. The molecule has 0 aromatic heterocycles. The molecule has 0 bridgehead atoms. The summed E-state index contributed by atoms with van der Waals surface area (Å²) in [5.41, 5.74) is 0.958. The van der Waals surface area contributed by atoms with Crippen molar-refractivity contribution in [1.29, 1.82) is 0 Å². The van der Waals surface area contributed by atoms with Gasteiger partial charge in [-0.25, -0.2) is 0 Å². The molecule has 0 N–H and O–H groups in total. The molecule has 25 heavy (non-hydrogen) atoms. The molecular weight excluding hydrogens is 327 g/mol. The van der Waals surface area contributed by atoms with Crippen molar-refractivity contribution >= 4 is 5.91 Å². The Bertz CT molecular complexity index is 680. The van der Waals surface area contributed by atoms with E-state index in [1.807, 2.05) is 37.3 Å². The Kier molecular flexibility index (Phi) is 6.23. The molecule has 2 aromatic carbocycles. The quantitative estimate of drug-likeness (QED) is 0.698. The molecule has 0 spiro atoms. The average molecular weight is 349 g/mol. The molecule has 1 atom stereocenters. The second-order valence-corrected chi connectivity index (χ2v) is 6.14. The summed E-state index contributed by atoms with van der Waals surface area (Å²) in [6.45, 7) is 2.31. The molecule has 5 heteroatoms. The second-order valence-electron chi connectivity index (χ2n) is 6.14. The van der Waals surface area contributed by atoms with E-state index < -0.39 is 11.7 Å². The van der Waals surface area contributed by atoms with Gasteiger partial charge in [-0.15, -0.1) is 0 Å². The highest BCUT2D eigenvalue weighted by atomic mass is 19.4. The highest BCUT2D eigenvalue weighted by Crippen LogP contribution is 2.29. The van der Waals surface area contributed by atoms with Crippen molar-refractivity contribution in [3.05, 3.63) is 71.3 Å². The highest BCUT2D eigenvalue weighted by Gasteiger charge is 2.30. The Labute approximate surface area is 146 Å². The van der Waals surface area contributed by atoms with Crippen molar-refractivity contribution in [2.75, 3.05) is 7.05 Å². The van der Waals surface area contributed by atoms with Crippen LogP contribution in [0.15, 0.2) is 54.6 Å². The maximum atomic E-state index is 12.8. The van der Waals surface area contributed by atoms with E-state index in [4.69, 9.17) is 0 Å². The fourth-order valence-corrected chi connectivity index (χ4v) is 2.82. The van der Waals surface area contributed by atoms with Gasteiger partial charge in [0.1, 0.15) is 0 Å². The van der Waals surface area contributed by atoms with Crippen molar-refractivity contribution in [2.45, 2.75) is 38.4 Å². The number of hydrogen-bond acceptors (Lipinski definition) is 1. The fourth-order valence-electron chi connectivity index (χ4n) is 2.82. The molecule has 0 saturated carbocycles. The van der Waals surface area contributed by atoms with E-state index in [2.05, 4.69) is 0 Å². The molecule has 1 amide bonds. The molecule has 0 saturated heterocycles. The molecule has 0 radical (unpaired) electrons. The standard InChI is InChI=1S/C20H22F3NO/c1-3-7-18(16-8-5-4-6-9-16)19(25)24(2)14-15-10-12-17(13-11-15)20(21,22)23/h4-6,8-13,18H,3,7,14H2,1-2H3. The number of hydrogen-bond donors (Lipinski definition) is 0. The Morgan fingerprint density at radius 2 is 1.64 bits per heavy atom. The number of nitrogens with zero attached hydrogens (tertiary/aromatic N) is 1. The lowest BCUT2D eigenvalue weighted by Crippen LogP contribution is -2.31. The lowest BCUT2D eigenvalue weighted by Gasteiger charge is -2.24. The number of alkyl halides is 3. The van der Waals surface area contributed by atoms with Crippen LogP contribution in [0.1, 0.15) is 42.4 Å². The van der Waals surface area contributed by atoms with Gasteiger partial charge in [0, 0.05) is 13.6 Å². The fraction of sp³-hybridized carbons (Fsp3) is 0.350. The number of carbonyl (C=O) groups is 1. The van der Waals surface area contributed by atoms with E-state index in [0.717, 1.165) is 30.5 Å². The molecule has 1 unspecified atom stereocenters. The molecule has 2 aromatic rings. The van der Waals surface area contributed by atoms with E-state index >= 15 is 0 Å². The van der Waals surface area contributed by atoms with Crippen molar-refractivity contribution in [1.82, 2.24) is 4.90 Å². The zero-order valence-corrected chi connectivity index (χ0v) is 14.4. The summed E-state index contributed by atoms with van der Waals surface area (Å²) in [4.78, 5) is 14.4. The van der Waals surface area contributed by atoms with Crippen LogP contribution in [0.2, 0.25) is 0 Å². The van der Waals surface area contributed by atoms with Crippen molar-refractivity contribution in [3.63, 3.8) is 0 Å². The van der Waals surface area contributed by atoms with Crippen molar-refractivity contribution < 1.29 is 18.0 Å². The van der Waals surface area contributed by atoms with Crippen LogP contribution in [0.4, 0.5) is 13.2 Å². The van der Waals surface area contributed by atoms with Crippen LogP contribution in [-0.4, -0.2) is 17.9 Å². The molecular formula is C20H22F3NO. The first-order chi connectivity index (χ1) is 11.8. The molecule has 0 aliphatic heterocycles. The zero-order valence-electron chi connectivity index (χ0n) is 14.4. The van der Waals surface area contributed by atoms with Gasteiger partial charge >= 0.3 is 6.18 Å². The molecule has 0 fully saturated rings. The average Bonchev–Trinajstić information content (AvgIpc) is 2.59. The summed E-state index contributed by atoms with van der Waals surface area (Å²) in [5.74, 6) is -0.251. The number of halogens is 3. The highest BCUT2D eigenvalue weighted by molar-refractivity contribution is 5.83. The summed E-state index contributed by atoms with van der Waals surface area (Å²) in [7, 11) is 1.69. The molecule has 2 rings (SSSR count). The third-order valence-electron chi connectivity index (χ3n) is 4.15. The van der Waals surface area contributed by atoms with Crippen LogP contribution >= 0.6 is 0 Å². The van der Waals surface area contributed by atoms with E-state index in [0.29, 0.717) is 5.56 Å². The lowest BCUT2D eigenvalue weighted by molar-refractivity contribution is -0.137. The molecule has 134 valence electrons. The van der Waals surface area contributed by atoms with E-state index in [1.165, 1.54) is 12.1 Å². The number of amides is 1. The minimum Gasteiger partial charge on any atom is -0.341 e. The molecule has 0 aliphatic carbocycles. The molecule has 0 heterocycles. The molecule has 2 nitrogen and oxygen atoms in total. The predicted molar refractivity (Wildman–Crippen MR) is 92.0 cm³/mol. The first-order valence-corrected chi connectivity index (χ1v) is 8.29. The largest absolute Gasteiger partial charge is 0.416 e. The smallest absolute Gasteiger partial charge is 0.341 e. The predicted octanol–water partition coefficient (Wildman–Crippen LogP) is 5.25. The van der Waals surface area contributed by atoms with Crippen LogP contribution in [0, 0.1) is 0 Å². The second kappa shape index (κ2) is 8.19. The summed E-state index contributed by atoms with van der Waals surface area (Å²) in [5, 5.41) is 0. The van der Waals surface area contributed by atoms with Crippen LogP contribution in [0.3, 0.4) is 0 Å². The monoisotopic (exact) mass is 349 g/mol. The third-order valence-corrected chi connectivity index (χ3v) is 4.15. The Morgan fingerprint density at radius 1 is 1.04 bits per heavy atom. The summed E-state index contributed by atoms with van der Waals surface area (Å²) < 4.78 is 37.9. The number of rotatable bonds is 6. The molecule has 0 aliphatic rings. The summed E-state index contributed by atoms with van der Waals surface area (Å²) in [6, 6.07) is 14.5. The lowest BCUT2D eigenvalue weighted by atomic mass is 9.93. The van der Waals surface area contributed by atoms with E-state index in [-0.39, 0.29) is 18.4 Å². The number of carbonyl (C=O) groups excluding carboxylic acids is 1. The van der Waals surface area contributed by atoms with Crippen LogP contribution in [-0.2, 0) is 17.5 Å². The van der Waals surface area contributed by atoms with Crippen LogP contribution in [0.5, 0.6) is 0 Å². The van der Waals surface area contributed by atoms with Crippen molar-refractivity contribution in [2.24, 2.45) is 0 Å². The summed E-state index contributed by atoms with van der Waals surface area (Å²) in [6.07, 6.45) is -2.74. The zero-order chi connectivity index (χ0) is 18.4. The van der Waals surface area contributed by atoms with Gasteiger partial charge in [-0.2, -0.15) is 13.2 Å². The van der Waals surface area contributed by atoms with Gasteiger partial charge in [0.2, 0.25) is 5.91 Å². The first-order valence-electron chi connectivity index (χ1n) is 8.29. The SMILES string of the molecule is CCCC(C(=O)N(C)Cc1ccc(C(F)(F)F)cc1)c1ccccc1. The van der Waals surface area contributed by atoms with Crippen molar-refractivity contribution in [3.8, 4) is 0 Å². The minimum absolute atomic E-state index is 0.0204. The Hall–Kier alpha value is -2.30. The Balaban J connectivity index is 2.10. The van der Waals surface area contributed by atoms with Crippen LogP contribution < -0.4 is 0 Å². The van der Waals surface area contributed by atoms with Gasteiger partial charge < -0.3 is 4.90 Å². The first kappa shape index (κ1) is 19.0. The van der Waals surface area contributed by atoms with E-state index in [1.54, 1.807) is 11.9 Å². The maximum Gasteiger partial charge on any atom is 0.416 e. The van der Waals surface area contributed by atoms with Gasteiger partial charge in [-0.05, 0) is 29.7 Å². The Morgan fingerprint density at radius 3 is 2.16 bits per heavy atom. The topological polar surface area (TPSA) is 20.3 Å². The van der Waals surface area contributed by atoms with Gasteiger partial charge in [0.15, 0.2) is 0 Å². The number of benzene rings is 2. The maximum absolute atomic E-state index is 12.8. The third kappa shape index (κ3) is 5.08. The van der Waals surface area contributed by atoms with Gasteiger partial charge in [0.05, 0.1) is 11.5 Å². The van der Waals surface area contributed by atoms with Crippen LogP contribution in [0.25, 0.3) is 0 Å². The number of likely N-dealkylation sites (N-methyl/N-ethyl adjacent to an activating group) is 1.